The molecule has 1 aliphatic heterocycles. The highest BCUT2D eigenvalue weighted by molar-refractivity contribution is 6.31. The highest BCUT2D eigenvalue weighted by Gasteiger charge is 2.45. The first-order chi connectivity index (χ1) is 9.92. The molecule has 0 bridgehead atoms. The van der Waals surface area contributed by atoms with Crippen LogP contribution in [0.3, 0.4) is 0 Å². The first kappa shape index (κ1) is 14.7. The minimum absolute atomic E-state index is 0.0442. The third kappa shape index (κ3) is 2.76. The van der Waals surface area contributed by atoms with E-state index < -0.39 is 0 Å². The van der Waals surface area contributed by atoms with Gasteiger partial charge >= 0.3 is 0 Å². The Morgan fingerprint density at radius 3 is 2.76 bits per heavy atom. The molecule has 0 saturated heterocycles. The first-order valence-corrected chi connectivity index (χ1v) is 8.16. The van der Waals surface area contributed by atoms with Crippen molar-refractivity contribution in [1.29, 1.82) is 0 Å². The van der Waals surface area contributed by atoms with Crippen molar-refractivity contribution < 1.29 is 0 Å². The minimum Gasteiger partial charge on any atom is -0.369 e. The standard InChI is InChI=1S/C17H24ClN3/c1-16(2)7-4-8-17(10-9-16)12-20-15(19)21(17)14-6-3-5-13(18)11-14/h3,5-6,11H,4,7-10,12H2,1-2H3,(H2,19,20). The van der Waals surface area contributed by atoms with Crippen molar-refractivity contribution >= 4 is 23.2 Å². The van der Waals surface area contributed by atoms with Crippen molar-refractivity contribution in [2.75, 3.05) is 11.4 Å². The molecule has 21 heavy (non-hydrogen) atoms. The molecule has 1 fully saturated rings. The van der Waals surface area contributed by atoms with E-state index >= 15 is 0 Å². The normalized spacial score (nSPS) is 28.5. The molecule has 0 amide bonds. The Balaban J connectivity index is 1.95. The summed E-state index contributed by atoms with van der Waals surface area (Å²) >= 11 is 6.17. The summed E-state index contributed by atoms with van der Waals surface area (Å²) in [4.78, 5) is 6.80. The number of guanidine groups is 1. The summed E-state index contributed by atoms with van der Waals surface area (Å²) in [6.45, 7) is 5.55. The number of rotatable bonds is 1. The Labute approximate surface area is 132 Å². The van der Waals surface area contributed by atoms with Gasteiger partial charge in [0.2, 0.25) is 0 Å². The van der Waals surface area contributed by atoms with Gasteiger partial charge in [0.05, 0.1) is 12.1 Å². The molecule has 1 aromatic carbocycles. The second-order valence-electron chi connectivity index (χ2n) is 7.23. The fraction of sp³-hybridized carbons (Fsp3) is 0.588. The largest absolute Gasteiger partial charge is 0.369 e. The number of halogens is 1. The highest BCUT2D eigenvalue weighted by Crippen LogP contribution is 2.44. The van der Waals surface area contributed by atoms with Crippen molar-refractivity contribution in [2.45, 2.75) is 51.5 Å². The fourth-order valence-corrected chi connectivity index (χ4v) is 3.92. The van der Waals surface area contributed by atoms with Crippen molar-refractivity contribution in [1.82, 2.24) is 0 Å². The summed E-state index contributed by atoms with van der Waals surface area (Å²) in [5, 5.41) is 0.747. The van der Waals surface area contributed by atoms with Gasteiger partial charge in [-0.05, 0) is 49.3 Å². The highest BCUT2D eigenvalue weighted by atomic mass is 35.5. The smallest absolute Gasteiger partial charge is 0.196 e. The van der Waals surface area contributed by atoms with Crippen LogP contribution in [0.5, 0.6) is 0 Å². The molecular weight excluding hydrogens is 282 g/mol. The molecule has 2 N–H and O–H groups in total. The van der Waals surface area contributed by atoms with Crippen LogP contribution in [-0.4, -0.2) is 18.0 Å². The van der Waals surface area contributed by atoms with Gasteiger partial charge in [0.25, 0.3) is 0 Å². The van der Waals surface area contributed by atoms with Crippen LogP contribution in [0, 0.1) is 5.41 Å². The third-order valence-electron chi connectivity index (χ3n) is 5.07. The number of hydrogen-bond donors (Lipinski definition) is 1. The maximum Gasteiger partial charge on any atom is 0.196 e. The molecule has 0 aromatic heterocycles. The van der Waals surface area contributed by atoms with E-state index in [-0.39, 0.29) is 5.54 Å². The topological polar surface area (TPSA) is 41.6 Å². The summed E-state index contributed by atoms with van der Waals surface area (Å²) in [5.74, 6) is 0.636. The van der Waals surface area contributed by atoms with Crippen LogP contribution < -0.4 is 10.6 Å². The second kappa shape index (κ2) is 5.20. The molecule has 1 atom stereocenters. The summed E-state index contributed by atoms with van der Waals surface area (Å²) in [5.41, 5.74) is 7.75. The molecule has 3 nitrogen and oxygen atoms in total. The lowest BCUT2D eigenvalue weighted by molar-refractivity contribution is 0.302. The average Bonchev–Trinajstić information content (AvgIpc) is 2.65. The number of anilines is 1. The Hall–Kier alpha value is -1.22. The molecule has 1 heterocycles. The van der Waals surface area contributed by atoms with Gasteiger partial charge in [-0.25, -0.2) is 0 Å². The molecule has 4 heteroatoms. The second-order valence-corrected chi connectivity index (χ2v) is 7.67. The van der Waals surface area contributed by atoms with Gasteiger partial charge in [0.15, 0.2) is 5.96 Å². The van der Waals surface area contributed by atoms with Crippen LogP contribution in [0.25, 0.3) is 0 Å². The molecule has 3 rings (SSSR count). The SMILES string of the molecule is CC1(C)CCCC2(CC1)CN=C(N)N2c1cccc(Cl)c1. The number of nitrogens with zero attached hydrogens (tertiary/aromatic N) is 2. The number of aliphatic imine (C=N–C) groups is 1. The predicted octanol–water partition coefficient (Wildman–Crippen LogP) is 4.20. The zero-order valence-corrected chi connectivity index (χ0v) is 13.7. The van der Waals surface area contributed by atoms with E-state index in [1.54, 1.807) is 0 Å². The zero-order valence-electron chi connectivity index (χ0n) is 12.9. The molecule has 1 aliphatic carbocycles. The van der Waals surface area contributed by atoms with Gasteiger partial charge in [-0.1, -0.05) is 37.9 Å². The van der Waals surface area contributed by atoms with Gasteiger partial charge < -0.3 is 10.6 Å². The van der Waals surface area contributed by atoms with E-state index in [0.29, 0.717) is 11.4 Å². The van der Waals surface area contributed by atoms with Crippen molar-refractivity contribution in [2.24, 2.45) is 16.1 Å². The minimum atomic E-state index is 0.0442. The molecule has 2 aliphatic rings. The van der Waals surface area contributed by atoms with Gasteiger partial charge in [0, 0.05) is 10.7 Å². The maximum absolute atomic E-state index is 6.22. The summed E-state index contributed by atoms with van der Waals surface area (Å²) < 4.78 is 0. The molecule has 1 saturated carbocycles. The quantitative estimate of drug-likeness (QED) is 0.844. The predicted molar refractivity (Wildman–Crippen MR) is 90.0 cm³/mol. The van der Waals surface area contributed by atoms with Crippen LogP contribution >= 0.6 is 11.6 Å². The Bertz CT molecular complexity index is 567. The van der Waals surface area contributed by atoms with E-state index in [0.717, 1.165) is 30.1 Å². The number of hydrogen-bond acceptors (Lipinski definition) is 3. The lowest BCUT2D eigenvalue weighted by atomic mass is 9.83. The van der Waals surface area contributed by atoms with Gasteiger partial charge in [-0.2, -0.15) is 0 Å². The van der Waals surface area contributed by atoms with Crippen molar-refractivity contribution in [3.63, 3.8) is 0 Å². The Kier molecular flexibility index (Phi) is 3.64. The molecule has 1 unspecified atom stereocenters. The average molecular weight is 306 g/mol. The van der Waals surface area contributed by atoms with E-state index in [1.165, 1.54) is 19.3 Å². The maximum atomic E-state index is 6.22. The fourth-order valence-electron chi connectivity index (χ4n) is 3.73. The number of benzene rings is 1. The van der Waals surface area contributed by atoms with E-state index in [2.05, 4.69) is 29.8 Å². The first-order valence-electron chi connectivity index (χ1n) is 7.78. The molecule has 1 spiro atoms. The summed E-state index contributed by atoms with van der Waals surface area (Å²) in [6, 6.07) is 7.96. The zero-order chi connectivity index (χ0) is 15.1. The van der Waals surface area contributed by atoms with Crippen LogP contribution in [0.15, 0.2) is 29.3 Å². The summed E-state index contributed by atoms with van der Waals surface area (Å²) in [7, 11) is 0. The lowest BCUT2D eigenvalue weighted by Gasteiger charge is -2.39. The third-order valence-corrected chi connectivity index (χ3v) is 5.30. The lowest BCUT2D eigenvalue weighted by Crippen LogP contribution is -2.51. The monoisotopic (exact) mass is 305 g/mol. The van der Waals surface area contributed by atoms with Crippen molar-refractivity contribution in [3.05, 3.63) is 29.3 Å². The van der Waals surface area contributed by atoms with Crippen molar-refractivity contribution in [3.8, 4) is 0 Å². The van der Waals surface area contributed by atoms with Crippen LogP contribution in [-0.2, 0) is 0 Å². The van der Waals surface area contributed by atoms with E-state index in [1.807, 2.05) is 18.2 Å². The number of nitrogens with two attached hydrogens (primary N) is 1. The van der Waals surface area contributed by atoms with Crippen LogP contribution in [0.1, 0.15) is 46.0 Å². The summed E-state index contributed by atoms with van der Waals surface area (Å²) in [6.07, 6.45) is 6.00. The van der Waals surface area contributed by atoms with E-state index in [4.69, 9.17) is 17.3 Å². The molecule has 0 radical (unpaired) electrons. The van der Waals surface area contributed by atoms with E-state index in [9.17, 15) is 0 Å². The molecule has 114 valence electrons. The molecule has 1 aromatic rings. The van der Waals surface area contributed by atoms with Gasteiger partial charge in [-0.3, -0.25) is 4.99 Å². The van der Waals surface area contributed by atoms with Crippen LogP contribution in [0.4, 0.5) is 5.69 Å². The van der Waals surface area contributed by atoms with Gasteiger partial charge in [-0.15, -0.1) is 0 Å². The van der Waals surface area contributed by atoms with Gasteiger partial charge in [0.1, 0.15) is 0 Å². The Morgan fingerprint density at radius 1 is 1.19 bits per heavy atom. The van der Waals surface area contributed by atoms with Crippen LogP contribution in [0.2, 0.25) is 5.02 Å². The molecular formula is C17H24ClN3. The Morgan fingerprint density at radius 2 is 2.00 bits per heavy atom.